The van der Waals surface area contributed by atoms with E-state index in [1.807, 2.05) is 0 Å². The van der Waals surface area contributed by atoms with Crippen LogP contribution in [-0.2, 0) is 6.54 Å². The van der Waals surface area contributed by atoms with Gasteiger partial charge in [0.25, 0.3) is 5.91 Å². The number of benzene rings is 2. The summed E-state index contributed by atoms with van der Waals surface area (Å²) in [5.41, 5.74) is 1.35. The van der Waals surface area contributed by atoms with E-state index in [0.717, 1.165) is 24.8 Å². The molecule has 2 bridgehead atoms. The van der Waals surface area contributed by atoms with E-state index >= 15 is 0 Å². The zero-order valence-electron chi connectivity index (χ0n) is 16.6. The number of carbonyl (C=O) groups excluding carboxylic acids is 1. The van der Waals surface area contributed by atoms with Crippen LogP contribution in [0.25, 0.3) is 10.1 Å². The fourth-order valence-corrected chi connectivity index (χ4v) is 6.53. The minimum atomic E-state index is -0.314. The predicted molar refractivity (Wildman–Crippen MR) is 121 cm³/mol. The minimum absolute atomic E-state index is 0.138. The first-order chi connectivity index (χ1) is 14.6. The van der Waals surface area contributed by atoms with Crippen LogP contribution in [0.15, 0.2) is 48.5 Å². The number of rotatable bonds is 4. The number of carbonyl (C=O) groups is 1. The summed E-state index contributed by atoms with van der Waals surface area (Å²) in [5, 5.41) is 4.40. The SMILES string of the molecule is O=C(NC1CC2CCCC(C1)N2Cc1ccccc1)c1sc2cc(F)ccc2c1Cl. The highest BCUT2D eigenvalue weighted by Gasteiger charge is 2.38. The van der Waals surface area contributed by atoms with Crippen molar-refractivity contribution >= 4 is 38.9 Å². The summed E-state index contributed by atoms with van der Waals surface area (Å²) in [7, 11) is 0. The van der Waals surface area contributed by atoms with Crippen molar-refractivity contribution in [3.63, 3.8) is 0 Å². The van der Waals surface area contributed by atoms with Gasteiger partial charge < -0.3 is 5.32 Å². The Labute approximate surface area is 184 Å². The van der Waals surface area contributed by atoms with Crippen molar-refractivity contribution in [3.8, 4) is 0 Å². The lowest BCUT2D eigenvalue weighted by molar-refractivity contribution is 0.0177. The van der Waals surface area contributed by atoms with Gasteiger partial charge in [-0.15, -0.1) is 11.3 Å². The topological polar surface area (TPSA) is 32.3 Å². The number of fused-ring (bicyclic) bond motifs is 3. The first kappa shape index (κ1) is 20.0. The molecule has 156 valence electrons. The molecular formula is C24H24ClFN2OS. The maximum absolute atomic E-state index is 13.5. The third-order valence-electron chi connectivity index (χ3n) is 6.47. The molecule has 2 aromatic carbocycles. The second-order valence-corrected chi connectivity index (χ2v) is 9.85. The van der Waals surface area contributed by atoms with Crippen molar-refractivity contribution in [3.05, 3.63) is 69.8 Å². The summed E-state index contributed by atoms with van der Waals surface area (Å²) in [5.74, 6) is -0.452. The molecule has 0 radical (unpaired) electrons. The second kappa shape index (κ2) is 8.29. The molecule has 6 heteroatoms. The van der Waals surface area contributed by atoms with Crippen LogP contribution in [0.2, 0.25) is 5.02 Å². The fraction of sp³-hybridized carbons (Fsp3) is 0.375. The lowest BCUT2D eigenvalue weighted by atomic mass is 9.81. The van der Waals surface area contributed by atoms with Crippen molar-refractivity contribution in [2.45, 2.75) is 56.8 Å². The van der Waals surface area contributed by atoms with Gasteiger partial charge in [-0.1, -0.05) is 48.4 Å². The highest BCUT2D eigenvalue weighted by Crippen LogP contribution is 2.38. The van der Waals surface area contributed by atoms with E-state index in [1.54, 1.807) is 6.07 Å². The molecule has 1 N–H and O–H groups in total. The summed E-state index contributed by atoms with van der Waals surface area (Å²) in [6.45, 7) is 0.977. The van der Waals surface area contributed by atoms with Crippen LogP contribution in [0.3, 0.4) is 0 Å². The number of nitrogens with one attached hydrogen (secondary N) is 1. The van der Waals surface area contributed by atoms with Gasteiger partial charge in [0.15, 0.2) is 0 Å². The zero-order valence-corrected chi connectivity index (χ0v) is 18.2. The van der Waals surface area contributed by atoms with Crippen molar-refractivity contribution < 1.29 is 9.18 Å². The fourth-order valence-electron chi connectivity index (χ4n) is 5.08. The van der Waals surface area contributed by atoms with E-state index in [0.29, 0.717) is 26.7 Å². The average Bonchev–Trinajstić information content (AvgIpc) is 3.05. The highest BCUT2D eigenvalue weighted by molar-refractivity contribution is 7.21. The lowest BCUT2D eigenvalue weighted by Crippen LogP contribution is -2.56. The summed E-state index contributed by atoms with van der Waals surface area (Å²) >= 11 is 7.71. The van der Waals surface area contributed by atoms with Gasteiger partial charge in [-0.25, -0.2) is 4.39 Å². The standard InChI is InChI=1S/C24H24ClFN2OS/c25-22-20-10-9-16(26)11-21(20)30-23(22)24(29)27-17-12-18-7-4-8-19(13-17)28(18)14-15-5-2-1-3-6-15/h1-3,5-6,9-11,17-19H,4,7-8,12-14H2,(H,27,29). The molecule has 2 fully saturated rings. The van der Waals surface area contributed by atoms with Crippen LogP contribution in [0.4, 0.5) is 4.39 Å². The van der Waals surface area contributed by atoms with E-state index in [1.165, 1.54) is 48.3 Å². The van der Waals surface area contributed by atoms with E-state index < -0.39 is 0 Å². The van der Waals surface area contributed by atoms with Gasteiger partial charge in [0.1, 0.15) is 10.7 Å². The van der Waals surface area contributed by atoms with Gasteiger partial charge in [0, 0.05) is 34.8 Å². The number of piperidine rings is 2. The van der Waals surface area contributed by atoms with Gasteiger partial charge in [0.05, 0.1) is 5.02 Å². The van der Waals surface area contributed by atoms with Crippen molar-refractivity contribution in [2.24, 2.45) is 0 Å². The Hall–Kier alpha value is -1.95. The first-order valence-corrected chi connectivity index (χ1v) is 11.8. The Balaban J connectivity index is 1.30. The molecule has 3 nitrogen and oxygen atoms in total. The lowest BCUT2D eigenvalue weighted by Gasteiger charge is -2.49. The van der Waals surface area contributed by atoms with Crippen LogP contribution < -0.4 is 5.32 Å². The van der Waals surface area contributed by atoms with Gasteiger partial charge in [-0.3, -0.25) is 9.69 Å². The zero-order chi connectivity index (χ0) is 20.7. The molecule has 2 aliphatic rings. The smallest absolute Gasteiger partial charge is 0.263 e. The Morgan fingerprint density at radius 2 is 1.87 bits per heavy atom. The molecule has 3 aromatic rings. The van der Waals surface area contributed by atoms with Gasteiger partial charge in [-0.2, -0.15) is 0 Å². The molecule has 30 heavy (non-hydrogen) atoms. The molecule has 0 spiro atoms. The van der Waals surface area contributed by atoms with E-state index in [-0.39, 0.29) is 17.8 Å². The second-order valence-electron chi connectivity index (χ2n) is 8.42. The summed E-state index contributed by atoms with van der Waals surface area (Å²) in [4.78, 5) is 16.1. The monoisotopic (exact) mass is 442 g/mol. The molecule has 5 rings (SSSR count). The molecule has 1 amide bonds. The maximum atomic E-state index is 13.5. The van der Waals surface area contributed by atoms with Crippen molar-refractivity contribution in [2.75, 3.05) is 0 Å². The van der Waals surface area contributed by atoms with E-state index in [2.05, 4.69) is 40.5 Å². The van der Waals surface area contributed by atoms with E-state index in [9.17, 15) is 9.18 Å². The molecule has 2 saturated heterocycles. The Morgan fingerprint density at radius 1 is 1.13 bits per heavy atom. The number of hydrogen-bond donors (Lipinski definition) is 1. The minimum Gasteiger partial charge on any atom is -0.348 e. The number of halogens is 2. The van der Waals surface area contributed by atoms with Crippen LogP contribution in [0, 0.1) is 5.82 Å². The normalized spacial score (nSPS) is 24.1. The highest BCUT2D eigenvalue weighted by atomic mass is 35.5. The number of thiophene rings is 1. The third kappa shape index (κ3) is 3.86. The van der Waals surface area contributed by atoms with Crippen LogP contribution >= 0.6 is 22.9 Å². The summed E-state index contributed by atoms with van der Waals surface area (Å²) in [6, 6.07) is 16.2. The average molecular weight is 443 g/mol. The Bertz CT molecular complexity index is 1060. The molecule has 2 unspecified atom stereocenters. The molecular weight excluding hydrogens is 419 g/mol. The van der Waals surface area contributed by atoms with E-state index in [4.69, 9.17) is 11.6 Å². The quantitative estimate of drug-likeness (QED) is 0.536. The molecule has 2 aliphatic heterocycles. The first-order valence-electron chi connectivity index (χ1n) is 10.6. The van der Waals surface area contributed by atoms with Crippen LogP contribution in [0.5, 0.6) is 0 Å². The van der Waals surface area contributed by atoms with Crippen molar-refractivity contribution in [1.29, 1.82) is 0 Å². The molecule has 3 heterocycles. The van der Waals surface area contributed by atoms with Crippen LogP contribution in [0.1, 0.15) is 47.3 Å². The van der Waals surface area contributed by atoms with Crippen molar-refractivity contribution in [1.82, 2.24) is 10.2 Å². The maximum Gasteiger partial charge on any atom is 0.263 e. The molecule has 0 aliphatic carbocycles. The van der Waals surface area contributed by atoms with Gasteiger partial charge in [0.2, 0.25) is 0 Å². The Kier molecular flexibility index (Phi) is 5.52. The number of nitrogens with zero attached hydrogens (tertiary/aromatic N) is 1. The molecule has 2 atom stereocenters. The molecule has 1 aromatic heterocycles. The third-order valence-corrected chi connectivity index (χ3v) is 8.12. The number of amides is 1. The summed E-state index contributed by atoms with van der Waals surface area (Å²) in [6.07, 6.45) is 5.55. The van der Waals surface area contributed by atoms with Crippen LogP contribution in [-0.4, -0.2) is 28.9 Å². The molecule has 0 saturated carbocycles. The summed E-state index contributed by atoms with van der Waals surface area (Å²) < 4.78 is 14.2. The Morgan fingerprint density at radius 3 is 2.60 bits per heavy atom. The van der Waals surface area contributed by atoms with Gasteiger partial charge >= 0.3 is 0 Å². The predicted octanol–water partition coefficient (Wildman–Crippen LogP) is 6.01. The van der Waals surface area contributed by atoms with Gasteiger partial charge in [-0.05, 0) is 49.4 Å². The largest absolute Gasteiger partial charge is 0.348 e. The number of hydrogen-bond acceptors (Lipinski definition) is 3.